The number of nitrogens with zero attached hydrogens (tertiary/aromatic N) is 2. The summed E-state index contributed by atoms with van der Waals surface area (Å²) >= 11 is 0. The Morgan fingerprint density at radius 2 is 2.15 bits per heavy atom. The summed E-state index contributed by atoms with van der Waals surface area (Å²) < 4.78 is 0. The highest BCUT2D eigenvalue weighted by Crippen LogP contribution is 2.34. The van der Waals surface area contributed by atoms with Crippen LogP contribution in [0.1, 0.15) is 31.2 Å². The van der Waals surface area contributed by atoms with Crippen molar-refractivity contribution < 1.29 is 4.79 Å². The molecule has 0 bridgehead atoms. The molecule has 1 aromatic carbocycles. The molecule has 1 aliphatic rings. The number of aromatic amines is 1. The van der Waals surface area contributed by atoms with Gasteiger partial charge < -0.3 is 9.88 Å². The molecule has 104 valence electrons. The highest BCUT2D eigenvalue weighted by molar-refractivity contribution is 5.77. The van der Waals surface area contributed by atoms with Crippen LogP contribution in [0.3, 0.4) is 0 Å². The fraction of sp³-hybridized carbons (Fsp3) is 0.375. The standard InChI is InChI=1S/C16H19N3O/c1-16(13-5-3-2-4-6-13)8-7-15(20)19(12-16)11-14-17-9-10-18-14/h2-6,9-10H,7-8,11-12H2,1H3,(H,17,18). The summed E-state index contributed by atoms with van der Waals surface area (Å²) in [6.45, 7) is 3.55. The predicted molar refractivity (Wildman–Crippen MR) is 77.0 cm³/mol. The fourth-order valence-corrected chi connectivity index (χ4v) is 2.91. The van der Waals surface area contributed by atoms with Gasteiger partial charge in [0.25, 0.3) is 0 Å². The van der Waals surface area contributed by atoms with E-state index in [-0.39, 0.29) is 11.3 Å². The first-order valence-corrected chi connectivity index (χ1v) is 6.99. The van der Waals surface area contributed by atoms with E-state index in [0.717, 1.165) is 18.8 Å². The van der Waals surface area contributed by atoms with Gasteiger partial charge >= 0.3 is 0 Å². The normalized spacial score (nSPS) is 23.1. The van der Waals surface area contributed by atoms with Crippen LogP contribution in [0, 0.1) is 0 Å². The maximum atomic E-state index is 12.1. The van der Waals surface area contributed by atoms with Crippen molar-refractivity contribution in [2.75, 3.05) is 6.54 Å². The second kappa shape index (κ2) is 5.12. The molecule has 1 aliphatic heterocycles. The fourth-order valence-electron chi connectivity index (χ4n) is 2.91. The van der Waals surface area contributed by atoms with Gasteiger partial charge in [0.15, 0.2) is 0 Å². The lowest BCUT2D eigenvalue weighted by molar-refractivity contribution is -0.136. The summed E-state index contributed by atoms with van der Waals surface area (Å²) in [5, 5.41) is 0. The Morgan fingerprint density at radius 3 is 2.85 bits per heavy atom. The number of likely N-dealkylation sites (tertiary alicyclic amines) is 1. The number of benzene rings is 1. The Hall–Kier alpha value is -2.10. The summed E-state index contributed by atoms with van der Waals surface area (Å²) in [5.41, 5.74) is 1.33. The molecule has 4 nitrogen and oxygen atoms in total. The van der Waals surface area contributed by atoms with Gasteiger partial charge in [-0.2, -0.15) is 0 Å². The van der Waals surface area contributed by atoms with Crippen LogP contribution in [0.15, 0.2) is 42.7 Å². The third kappa shape index (κ3) is 2.46. The number of hydrogen-bond acceptors (Lipinski definition) is 2. The number of H-pyrrole nitrogens is 1. The number of rotatable bonds is 3. The molecule has 1 atom stereocenters. The second-order valence-electron chi connectivity index (χ2n) is 5.71. The number of aromatic nitrogens is 2. The van der Waals surface area contributed by atoms with E-state index in [2.05, 4.69) is 41.2 Å². The van der Waals surface area contributed by atoms with Crippen LogP contribution in [0.25, 0.3) is 0 Å². The van der Waals surface area contributed by atoms with Crippen molar-refractivity contribution in [1.82, 2.24) is 14.9 Å². The van der Waals surface area contributed by atoms with Gasteiger partial charge in [0.1, 0.15) is 5.82 Å². The highest BCUT2D eigenvalue weighted by atomic mass is 16.2. The minimum absolute atomic E-state index is 0.0295. The zero-order chi connectivity index (χ0) is 14.0. The van der Waals surface area contributed by atoms with Crippen molar-refractivity contribution in [3.05, 3.63) is 54.1 Å². The van der Waals surface area contributed by atoms with Crippen molar-refractivity contribution in [3.8, 4) is 0 Å². The number of carbonyl (C=O) groups excluding carboxylic acids is 1. The topological polar surface area (TPSA) is 49.0 Å². The van der Waals surface area contributed by atoms with E-state index in [1.54, 1.807) is 12.4 Å². The monoisotopic (exact) mass is 269 g/mol. The molecular formula is C16H19N3O. The summed E-state index contributed by atoms with van der Waals surface area (Å²) in [5.74, 6) is 1.06. The maximum Gasteiger partial charge on any atom is 0.223 e. The zero-order valence-corrected chi connectivity index (χ0v) is 11.7. The third-order valence-electron chi connectivity index (χ3n) is 4.15. The molecule has 2 heterocycles. The number of nitrogens with one attached hydrogen (secondary N) is 1. The van der Waals surface area contributed by atoms with Crippen LogP contribution in [0.4, 0.5) is 0 Å². The van der Waals surface area contributed by atoms with E-state index in [0.29, 0.717) is 13.0 Å². The lowest BCUT2D eigenvalue weighted by Crippen LogP contribution is -2.47. The Morgan fingerprint density at radius 1 is 1.35 bits per heavy atom. The van der Waals surface area contributed by atoms with Gasteiger partial charge in [-0.05, 0) is 12.0 Å². The minimum Gasteiger partial charge on any atom is -0.347 e. The molecular weight excluding hydrogens is 250 g/mol. The molecule has 4 heteroatoms. The first-order valence-electron chi connectivity index (χ1n) is 6.99. The van der Waals surface area contributed by atoms with E-state index >= 15 is 0 Å². The molecule has 1 aromatic heterocycles. The van der Waals surface area contributed by atoms with Crippen molar-refractivity contribution in [2.24, 2.45) is 0 Å². The van der Waals surface area contributed by atoms with E-state index in [9.17, 15) is 4.79 Å². The molecule has 20 heavy (non-hydrogen) atoms. The highest BCUT2D eigenvalue weighted by Gasteiger charge is 2.36. The van der Waals surface area contributed by atoms with Gasteiger partial charge in [0.05, 0.1) is 6.54 Å². The quantitative estimate of drug-likeness (QED) is 0.930. The smallest absolute Gasteiger partial charge is 0.223 e. The molecule has 0 saturated carbocycles. The van der Waals surface area contributed by atoms with Crippen molar-refractivity contribution in [2.45, 2.75) is 31.7 Å². The van der Waals surface area contributed by atoms with Gasteiger partial charge in [-0.25, -0.2) is 4.98 Å². The molecule has 1 saturated heterocycles. The summed E-state index contributed by atoms with van der Waals surface area (Å²) in [4.78, 5) is 21.3. The molecule has 3 rings (SSSR count). The molecule has 1 fully saturated rings. The van der Waals surface area contributed by atoms with E-state index in [1.165, 1.54) is 5.56 Å². The van der Waals surface area contributed by atoms with Gasteiger partial charge in [-0.1, -0.05) is 37.3 Å². The Balaban J connectivity index is 1.80. The minimum atomic E-state index is 0.0295. The molecule has 1 amide bonds. The maximum absolute atomic E-state index is 12.1. The Bertz CT molecular complexity index is 579. The molecule has 0 spiro atoms. The van der Waals surface area contributed by atoms with E-state index in [4.69, 9.17) is 0 Å². The SMILES string of the molecule is CC1(c2ccccc2)CCC(=O)N(Cc2ncc[nH]2)C1. The summed E-state index contributed by atoms with van der Waals surface area (Å²) in [6, 6.07) is 10.5. The summed E-state index contributed by atoms with van der Waals surface area (Å²) in [7, 11) is 0. The lowest BCUT2D eigenvalue weighted by Gasteiger charge is -2.40. The zero-order valence-electron chi connectivity index (χ0n) is 11.7. The molecule has 1 N–H and O–H groups in total. The van der Waals surface area contributed by atoms with Crippen molar-refractivity contribution >= 4 is 5.91 Å². The number of imidazole rings is 1. The van der Waals surface area contributed by atoms with Crippen LogP contribution >= 0.6 is 0 Å². The Labute approximate surface area is 118 Å². The predicted octanol–water partition coefficient (Wildman–Crippen LogP) is 2.49. The number of amides is 1. The average molecular weight is 269 g/mol. The number of hydrogen-bond donors (Lipinski definition) is 1. The van der Waals surface area contributed by atoms with Crippen LogP contribution in [0.2, 0.25) is 0 Å². The van der Waals surface area contributed by atoms with E-state index < -0.39 is 0 Å². The summed E-state index contributed by atoms with van der Waals surface area (Å²) in [6.07, 6.45) is 5.02. The van der Waals surface area contributed by atoms with Gasteiger partial charge in [-0.15, -0.1) is 0 Å². The Kier molecular flexibility index (Phi) is 3.30. The number of piperidine rings is 1. The van der Waals surface area contributed by atoms with Crippen LogP contribution < -0.4 is 0 Å². The third-order valence-corrected chi connectivity index (χ3v) is 4.15. The first kappa shape index (κ1) is 12.9. The molecule has 0 aliphatic carbocycles. The van der Waals surface area contributed by atoms with Gasteiger partial charge in [0.2, 0.25) is 5.91 Å². The van der Waals surface area contributed by atoms with Crippen LogP contribution in [-0.2, 0) is 16.8 Å². The second-order valence-corrected chi connectivity index (χ2v) is 5.71. The molecule has 0 radical (unpaired) electrons. The van der Waals surface area contributed by atoms with Crippen LogP contribution in [-0.4, -0.2) is 27.3 Å². The first-order chi connectivity index (χ1) is 9.67. The molecule has 2 aromatic rings. The van der Waals surface area contributed by atoms with Crippen LogP contribution in [0.5, 0.6) is 0 Å². The lowest BCUT2D eigenvalue weighted by atomic mass is 9.76. The average Bonchev–Trinajstić information content (AvgIpc) is 2.97. The van der Waals surface area contributed by atoms with Gasteiger partial charge in [0, 0.05) is 30.8 Å². The van der Waals surface area contributed by atoms with Crippen molar-refractivity contribution in [1.29, 1.82) is 0 Å². The van der Waals surface area contributed by atoms with Gasteiger partial charge in [-0.3, -0.25) is 4.79 Å². The largest absolute Gasteiger partial charge is 0.347 e. The number of carbonyl (C=O) groups is 1. The van der Waals surface area contributed by atoms with Crippen molar-refractivity contribution in [3.63, 3.8) is 0 Å². The molecule has 1 unspecified atom stereocenters. The van der Waals surface area contributed by atoms with E-state index in [1.807, 2.05) is 11.0 Å².